The van der Waals surface area contributed by atoms with Crippen LogP contribution in [0.4, 0.5) is 17.6 Å². The summed E-state index contributed by atoms with van der Waals surface area (Å²) in [7, 11) is 0. The monoisotopic (exact) mass is 251 g/mol. The third kappa shape index (κ3) is 2.03. The van der Waals surface area contributed by atoms with Crippen LogP contribution in [0, 0.1) is 0 Å². The molecule has 92 valence electrons. The summed E-state index contributed by atoms with van der Waals surface area (Å²) in [6.45, 7) is 0. The topological polar surface area (TPSA) is 61.6 Å². The number of rotatable bonds is 1. The van der Waals surface area contributed by atoms with Crippen molar-refractivity contribution in [2.75, 3.05) is 0 Å². The molecule has 1 aromatic rings. The first-order chi connectivity index (χ1) is 7.71. The van der Waals surface area contributed by atoms with Crippen molar-refractivity contribution >= 4 is 5.91 Å². The molecule has 1 heterocycles. The molecule has 0 spiro atoms. The minimum absolute atomic E-state index is 0.263. The second kappa shape index (κ2) is 3.33. The number of carbonyl (C=O) groups is 1. The lowest BCUT2D eigenvalue weighted by atomic mass is 10.1. The first-order valence-corrected chi connectivity index (χ1v) is 4.30. The van der Waals surface area contributed by atoms with Crippen molar-refractivity contribution in [2.45, 2.75) is 12.4 Å². The van der Waals surface area contributed by atoms with Crippen molar-refractivity contribution in [3.63, 3.8) is 0 Å². The average Bonchev–Trinajstić information content (AvgIpc) is 2.13. The molecule has 1 amide bonds. The van der Waals surface area contributed by atoms with Crippen LogP contribution < -0.4 is 10.5 Å². The first kappa shape index (κ1) is 11.6. The molecule has 0 fully saturated rings. The molecule has 1 aliphatic rings. The van der Waals surface area contributed by atoms with E-state index in [9.17, 15) is 22.4 Å². The Morgan fingerprint density at radius 2 is 1.88 bits per heavy atom. The Hall–Kier alpha value is -1.83. The fourth-order valence-corrected chi connectivity index (χ4v) is 1.35. The van der Waals surface area contributed by atoms with Gasteiger partial charge >= 0.3 is 12.4 Å². The molecule has 2 rings (SSSR count). The zero-order chi connectivity index (χ0) is 12.8. The maximum atomic E-state index is 13.2. The molecule has 8 heteroatoms. The maximum absolute atomic E-state index is 13.2. The Bertz CT molecular complexity index is 489. The van der Waals surface area contributed by atoms with Gasteiger partial charge in [0.1, 0.15) is 5.75 Å². The third-order valence-electron chi connectivity index (χ3n) is 2.05. The van der Waals surface area contributed by atoms with Gasteiger partial charge in [0, 0.05) is 5.56 Å². The van der Waals surface area contributed by atoms with Crippen LogP contribution in [0.2, 0.25) is 0 Å². The van der Waals surface area contributed by atoms with Crippen LogP contribution in [-0.2, 0) is 10.8 Å². The van der Waals surface area contributed by atoms with Gasteiger partial charge in [-0.25, -0.2) is 4.74 Å². The van der Waals surface area contributed by atoms with E-state index in [1.165, 1.54) is 0 Å². The number of alkyl halides is 4. The minimum atomic E-state index is -4.43. The highest BCUT2D eigenvalue weighted by molar-refractivity contribution is 5.93. The van der Waals surface area contributed by atoms with Gasteiger partial charge < -0.3 is 10.5 Å². The van der Waals surface area contributed by atoms with E-state index in [-0.39, 0.29) is 5.56 Å². The molecule has 0 unspecified atom stereocenters. The third-order valence-corrected chi connectivity index (χ3v) is 2.05. The Morgan fingerprint density at radius 3 is 2.47 bits per heavy atom. The highest BCUT2D eigenvalue weighted by atomic mass is 19.3. The molecular weight excluding hydrogens is 246 g/mol. The van der Waals surface area contributed by atoms with E-state index in [0.29, 0.717) is 6.07 Å². The summed E-state index contributed by atoms with van der Waals surface area (Å²) >= 11 is 0. The summed E-state index contributed by atoms with van der Waals surface area (Å²) in [5.74, 6) is -1.74. The molecular formula is C9H5F4NO3. The zero-order valence-corrected chi connectivity index (χ0v) is 8.05. The van der Waals surface area contributed by atoms with Crippen LogP contribution in [0.1, 0.15) is 15.9 Å². The maximum Gasteiger partial charge on any atom is 0.540 e. The van der Waals surface area contributed by atoms with E-state index < -0.39 is 29.6 Å². The number of hydrogen-bond acceptors (Lipinski definition) is 3. The lowest BCUT2D eigenvalue weighted by Gasteiger charge is -2.30. The first-order valence-electron chi connectivity index (χ1n) is 4.30. The second-order valence-corrected chi connectivity index (χ2v) is 3.26. The number of primary amides is 1. The quantitative estimate of drug-likeness (QED) is 0.774. The molecule has 17 heavy (non-hydrogen) atoms. The van der Waals surface area contributed by atoms with E-state index in [1.807, 2.05) is 0 Å². The number of benzene rings is 1. The van der Waals surface area contributed by atoms with E-state index in [4.69, 9.17) is 5.73 Å². The predicted molar refractivity (Wildman–Crippen MR) is 45.5 cm³/mol. The van der Waals surface area contributed by atoms with E-state index >= 15 is 0 Å². The van der Waals surface area contributed by atoms with Crippen molar-refractivity contribution in [3.05, 3.63) is 29.3 Å². The minimum Gasteiger partial charge on any atom is -0.409 e. The molecule has 0 bridgehead atoms. The Kier molecular flexibility index (Phi) is 2.28. The number of amides is 1. The molecule has 1 aliphatic heterocycles. The molecule has 4 nitrogen and oxygen atoms in total. The molecule has 0 atom stereocenters. The van der Waals surface area contributed by atoms with Gasteiger partial charge in [0.05, 0.1) is 5.56 Å². The van der Waals surface area contributed by atoms with Crippen LogP contribution in [0.5, 0.6) is 5.75 Å². The highest BCUT2D eigenvalue weighted by Gasteiger charge is 2.54. The summed E-state index contributed by atoms with van der Waals surface area (Å²) in [6, 6.07) is 2.45. The van der Waals surface area contributed by atoms with Crippen molar-refractivity contribution < 1.29 is 31.8 Å². The number of fused-ring (bicyclic) bond motifs is 1. The largest absolute Gasteiger partial charge is 0.540 e. The van der Waals surface area contributed by atoms with Gasteiger partial charge in [-0.2, -0.15) is 8.78 Å². The van der Waals surface area contributed by atoms with Crippen LogP contribution in [0.15, 0.2) is 18.2 Å². The number of hydrogen-bond donors (Lipinski definition) is 1. The molecule has 0 saturated carbocycles. The lowest BCUT2D eigenvalue weighted by Crippen LogP contribution is -2.41. The molecule has 1 aromatic carbocycles. The van der Waals surface area contributed by atoms with Gasteiger partial charge in [-0.15, -0.1) is 8.78 Å². The predicted octanol–water partition coefficient (Wildman–Crippen LogP) is 1.79. The molecule has 0 saturated heterocycles. The number of nitrogens with two attached hydrogens (primary N) is 1. The van der Waals surface area contributed by atoms with E-state index in [1.54, 1.807) is 0 Å². The summed E-state index contributed by atoms with van der Waals surface area (Å²) in [6.07, 6.45) is -8.69. The van der Waals surface area contributed by atoms with E-state index in [2.05, 4.69) is 9.47 Å². The van der Waals surface area contributed by atoms with Crippen LogP contribution >= 0.6 is 0 Å². The summed E-state index contributed by atoms with van der Waals surface area (Å²) in [5.41, 5.74) is 3.64. The van der Waals surface area contributed by atoms with E-state index in [0.717, 1.165) is 12.1 Å². The number of ether oxygens (including phenoxy) is 2. The van der Waals surface area contributed by atoms with Gasteiger partial charge in [0.25, 0.3) is 0 Å². The van der Waals surface area contributed by atoms with Crippen LogP contribution in [-0.4, -0.2) is 12.2 Å². The molecule has 0 aliphatic carbocycles. The Morgan fingerprint density at radius 1 is 1.24 bits per heavy atom. The lowest BCUT2D eigenvalue weighted by molar-refractivity contribution is -0.461. The smallest absolute Gasteiger partial charge is 0.409 e. The van der Waals surface area contributed by atoms with Gasteiger partial charge in [-0.1, -0.05) is 0 Å². The van der Waals surface area contributed by atoms with Crippen molar-refractivity contribution in [2.24, 2.45) is 5.73 Å². The fraction of sp³-hybridized carbons (Fsp3) is 0.222. The summed E-state index contributed by atoms with van der Waals surface area (Å²) < 4.78 is 58.7. The fourth-order valence-electron chi connectivity index (χ4n) is 1.35. The van der Waals surface area contributed by atoms with Crippen LogP contribution in [0.25, 0.3) is 0 Å². The zero-order valence-electron chi connectivity index (χ0n) is 8.05. The van der Waals surface area contributed by atoms with Gasteiger partial charge in [-0.3, -0.25) is 4.79 Å². The second-order valence-electron chi connectivity index (χ2n) is 3.26. The SMILES string of the molecule is NC(=O)c1ccc2c(c1)C(F)(F)OC(F)(F)O2. The molecule has 0 radical (unpaired) electrons. The number of carbonyl (C=O) groups excluding carboxylic acids is 1. The van der Waals surface area contributed by atoms with Crippen molar-refractivity contribution in [3.8, 4) is 5.75 Å². The van der Waals surface area contributed by atoms with Gasteiger partial charge in [0.2, 0.25) is 5.91 Å². The van der Waals surface area contributed by atoms with Crippen molar-refractivity contribution in [1.82, 2.24) is 0 Å². The van der Waals surface area contributed by atoms with Gasteiger partial charge in [0.15, 0.2) is 0 Å². The standard InChI is InChI=1S/C9H5F4NO3/c10-8(11)5-3-4(7(14)15)1-2-6(5)16-9(12,13)17-8/h1-3H,(H2,14,15). The molecule has 2 N–H and O–H groups in total. The molecule has 0 aromatic heterocycles. The average molecular weight is 251 g/mol. The number of halogens is 4. The normalized spacial score (nSPS) is 20.2. The van der Waals surface area contributed by atoms with Gasteiger partial charge in [-0.05, 0) is 18.2 Å². The Balaban J connectivity index is 2.55. The van der Waals surface area contributed by atoms with Crippen molar-refractivity contribution in [1.29, 1.82) is 0 Å². The summed E-state index contributed by atoms with van der Waals surface area (Å²) in [4.78, 5) is 10.8. The van der Waals surface area contributed by atoms with Crippen LogP contribution in [0.3, 0.4) is 0 Å². The summed E-state index contributed by atoms with van der Waals surface area (Å²) in [5, 5.41) is 0. The highest BCUT2D eigenvalue weighted by Crippen LogP contribution is 2.46. The Labute approximate surface area is 91.9 Å².